The highest BCUT2D eigenvalue weighted by molar-refractivity contribution is 6.71. The first kappa shape index (κ1) is 32.7. The van der Waals surface area contributed by atoms with Gasteiger partial charge in [0, 0.05) is 41.1 Å². The summed E-state index contributed by atoms with van der Waals surface area (Å²) in [6.07, 6.45) is 0.574. The van der Waals surface area contributed by atoms with Crippen LogP contribution in [0.5, 0.6) is 0 Å². The number of aliphatic hydroxyl groups is 2. The fraction of sp³-hybridized carbons (Fsp3) is 0.371. The first-order chi connectivity index (χ1) is 22.5. The Hall–Kier alpha value is -4.20. The number of aliphatic hydroxyl groups excluding tert-OH is 2. The van der Waals surface area contributed by atoms with Crippen molar-refractivity contribution in [3.8, 4) is 0 Å². The second-order valence-electron chi connectivity index (χ2n) is 13.1. The lowest BCUT2D eigenvalue weighted by molar-refractivity contribution is -0.145. The molecule has 47 heavy (non-hydrogen) atoms. The molecule has 1 unspecified atom stereocenters. The van der Waals surface area contributed by atoms with Crippen molar-refractivity contribution in [1.29, 1.82) is 0 Å². The molecule has 0 aliphatic carbocycles. The van der Waals surface area contributed by atoms with E-state index in [9.17, 15) is 24.6 Å². The highest BCUT2D eigenvalue weighted by Gasteiger charge is 2.66. The molecule has 11 nitrogen and oxygen atoms in total. The van der Waals surface area contributed by atoms with Gasteiger partial charge in [0.2, 0.25) is 0 Å². The minimum Gasteiger partial charge on any atom is -0.432 e. The van der Waals surface area contributed by atoms with Gasteiger partial charge in [-0.1, -0.05) is 60.7 Å². The summed E-state index contributed by atoms with van der Waals surface area (Å²) in [5, 5.41) is 31.4. The van der Waals surface area contributed by atoms with Crippen molar-refractivity contribution in [2.24, 2.45) is 5.92 Å². The van der Waals surface area contributed by atoms with Crippen LogP contribution in [0, 0.1) is 5.92 Å². The number of hydrogen-bond acceptors (Lipinski definition) is 8. The van der Waals surface area contributed by atoms with Crippen LogP contribution in [0.2, 0.25) is 18.6 Å². The first-order valence-corrected chi connectivity index (χ1v) is 19.0. The van der Waals surface area contributed by atoms with Crippen molar-refractivity contribution in [3.05, 3.63) is 102 Å². The third kappa shape index (κ3) is 5.91. The molecule has 4 N–H and O–H groups in total. The summed E-state index contributed by atoms with van der Waals surface area (Å²) in [7, 11) is -2.93. The van der Waals surface area contributed by atoms with Crippen LogP contribution in [0.15, 0.2) is 85.1 Å². The number of ether oxygens (including phenoxy) is 1. The van der Waals surface area contributed by atoms with E-state index in [-0.39, 0.29) is 24.0 Å². The molecule has 3 heterocycles. The molecule has 4 aromatic rings. The smallest absolute Gasteiger partial charge is 0.268 e. The minimum atomic E-state index is -2.93. The highest BCUT2D eigenvalue weighted by Crippen LogP contribution is 2.61. The van der Waals surface area contributed by atoms with Crippen LogP contribution in [0.3, 0.4) is 0 Å². The molecule has 3 aromatic carbocycles. The molecule has 2 amide bonds. The number of para-hydroxylation sites is 1. The molecule has 0 saturated carbocycles. The van der Waals surface area contributed by atoms with Gasteiger partial charge >= 0.3 is 0 Å². The van der Waals surface area contributed by atoms with Crippen molar-refractivity contribution >= 4 is 37.2 Å². The van der Waals surface area contributed by atoms with Crippen molar-refractivity contribution in [1.82, 2.24) is 15.0 Å². The van der Waals surface area contributed by atoms with E-state index in [1.165, 1.54) is 6.92 Å². The fourth-order valence-electron chi connectivity index (χ4n) is 7.33. The maximum absolute atomic E-state index is 14.7. The molecule has 2 aliphatic rings. The Kier molecular flexibility index (Phi) is 8.89. The zero-order valence-corrected chi connectivity index (χ0v) is 27.9. The Bertz CT molecular complexity index is 1740. The number of hydrogen-bond donors (Lipinski definition) is 4. The van der Waals surface area contributed by atoms with Gasteiger partial charge in [0.15, 0.2) is 13.9 Å². The summed E-state index contributed by atoms with van der Waals surface area (Å²) in [4.78, 5) is 40.5. The third-order valence-electron chi connectivity index (χ3n) is 9.49. The van der Waals surface area contributed by atoms with Gasteiger partial charge in [-0.05, 0) is 62.3 Å². The van der Waals surface area contributed by atoms with Gasteiger partial charge in [-0.25, -0.2) is 0 Å². The van der Waals surface area contributed by atoms with E-state index in [2.05, 4.69) is 15.6 Å². The van der Waals surface area contributed by atoms with Crippen LogP contribution in [-0.2, 0) is 26.5 Å². The Morgan fingerprint density at radius 2 is 1.77 bits per heavy atom. The van der Waals surface area contributed by atoms with Crippen LogP contribution < -0.4 is 10.2 Å². The maximum atomic E-state index is 14.7. The summed E-state index contributed by atoms with van der Waals surface area (Å²) in [5.41, 5.74) is 2.19. The second kappa shape index (κ2) is 12.8. The Balaban J connectivity index is 1.35. The number of rotatable bonds is 10. The molecule has 0 radical (unpaired) electrons. The number of nitrogens with zero attached hydrogens (tertiary/aromatic N) is 4. The summed E-state index contributed by atoms with van der Waals surface area (Å²) < 4.78 is 8.66. The number of aryl methyl sites for hydroxylation is 1. The Morgan fingerprint density at radius 1 is 1.09 bits per heavy atom. The number of benzene rings is 3. The quantitative estimate of drug-likeness (QED) is 0.185. The normalized spacial score (nSPS) is 23.6. The molecule has 2 aliphatic heterocycles. The van der Waals surface area contributed by atoms with Gasteiger partial charge < -0.3 is 25.1 Å². The molecule has 1 fully saturated rings. The van der Waals surface area contributed by atoms with Crippen molar-refractivity contribution in [2.75, 3.05) is 16.8 Å². The van der Waals surface area contributed by atoms with Crippen molar-refractivity contribution in [3.63, 3.8) is 0 Å². The Morgan fingerprint density at radius 3 is 2.40 bits per heavy atom. The van der Waals surface area contributed by atoms with E-state index < -0.39 is 38.0 Å². The predicted octanol–water partition coefficient (Wildman–Crippen LogP) is 4.29. The van der Waals surface area contributed by atoms with Gasteiger partial charge in [-0.2, -0.15) is 0 Å². The maximum Gasteiger partial charge on any atom is 0.268 e. The fourth-order valence-corrected chi connectivity index (χ4v) is 9.93. The second-order valence-corrected chi connectivity index (χ2v) is 17.0. The summed E-state index contributed by atoms with van der Waals surface area (Å²) >= 11 is 0. The van der Waals surface area contributed by atoms with Crippen LogP contribution in [0.1, 0.15) is 43.0 Å². The molecule has 1 saturated heterocycles. The number of nitrogens with one attached hydrogen (secondary N) is 1. The Labute approximate surface area is 274 Å². The lowest BCUT2D eigenvalue weighted by atomic mass is 9.82. The minimum absolute atomic E-state index is 0.111. The lowest BCUT2D eigenvalue weighted by Crippen LogP contribution is -2.45. The molecule has 246 valence electrons. The molecular formula is C35H41N5O6Si. The van der Waals surface area contributed by atoms with Crippen LogP contribution >= 0.6 is 0 Å². The third-order valence-corrected chi connectivity index (χ3v) is 12.0. The molecule has 12 heteroatoms. The van der Waals surface area contributed by atoms with Gasteiger partial charge in [0.05, 0.1) is 30.0 Å². The molecular weight excluding hydrogens is 615 g/mol. The number of carbonyl (C=O) groups is 2. The standard InChI is InChI=1S/C35H41N5O6Si/c1-22-32(47(3,4)45)31(17-18-39-20-29(37-38-39)27(21-41)24-11-7-5-8-12-24)46-35(22)28-19-25(36-33(43)23(2)42)15-16-30(28)40(34(35)44)26-13-9-6-10-14-26/h5-16,19-20,22-23,27,31-32,41-42,45H,17-18,21H2,1-4H3,(H,36,43)/t22-,23+,27?,31+,32-,35+/m1/s1. The van der Waals surface area contributed by atoms with Gasteiger partial charge in [0.25, 0.3) is 11.8 Å². The predicted molar refractivity (Wildman–Crippen MR) is 180 cm³/mol. The molecule has 6 rings (SSSR count). The molecule has 1 aromatic heterocycles. The monoisotopic (exact) mass is 655 g/mol. The topological polar surface area (TPSA) is 150 Å². The van der Waals surface area contributed by atoms with Gasteiger partial charge in [-0.3, -0.25) is 19.2 Å². The zero-order chi connectivity index (χ0) is 33.5. The SMILES string of the molecule is C[C@H](O)C(=O)Nc1ccc2c(c1)[C@]1(O[C@@H](CCn3cc(C(CO)c4ccccc4)nn3)[C@H]([Si](C)(C)O)[C@H]1C)C(=O)N2c1ccccc1. The number of fused-ring (bicyclic) bond motifs is 2. The van der Waals surface area contributed by atoms with Crippen LogP contribution in [0.4, 0.5) is 17.1 Å². The number of carbonyl (C=O) groups excluding carboxylic acids is 2. The van der Waals surface area contributed by atoms with E-state index in [0.29, 0.717) is 41.3 Å². The highest BCUT2D eigenvalue weighted by atomic mass is 28.4. The largest absolute Gasteiger partial charge is 0.432 e. The average Bonchev–Trinajstić information content (AvgIpc) is 3.70. The molecule has 1 spiro atoms. The first-order valence-electron chi connectivity index (χ1n) is 15.9. The zero-order valence-electron chi connectivity index (χ0n) is 26.9. The van der Waals surface area contributed by atoms with Crippen LogP contribution in [-0.4, -0.2) is 68.9 Å². The number of aromatic nitrogens is 3. The van der Waals surface area contributed by atoms with E-state index in [4.69, 9.17) is 4.74 Å². The lowest BCUT2D eigenvalue weighted by Gasteiger charge is -2.32. The van der Waals surface area contributed by atoms with E-state index >= 15 is 0 Å². The van der Waals surface area contributed by atoms with E-state index in [1.54, 1.807) is 27.8 Å². The summed E-state index contributed by atoms with van der Waals surface area (Å²) in [5.74, 6) is -1.54. The number of anilines is 3. The van der Waals surface area contributed by atoms with Crippen molar-refractivity contribution in [2.45, 2.75) is 69.2 Å². The molecule has 6 atom stereocenters. The molecule has 0 bridgehead atoms. The van der Waals surface area contributed by atoms with Crippen LogP contribution in [0.25, 0.3) is 0 Å². The van der Waals surface area contributed by atoms with Gasteiger partial charge in [-0.15, -0.1) is 5.10 Å². The van der Waals surface area contributed by atoms with Crippen molar-refractivity contribution < 1.29 is 29.3 Å². The average molecular weight is 656 g/mol. The summed E-state index contributed by atoms with van der Waals surface area (Å²) in [6.45, 7) is 7.41. The van der Waals surface area contributed by atoms with E-state index in [0.717, 1.165) is 5.56 Å². The van der Waals surface area contributed by atoms with Gasteiger partial charge in [0.1, 0.15) is 6.10 Å². The number of amides is 2. The van der Waals surface area contributed by atoms with E-state index in [1.807, 2.05) is 86.9 Å². The summed E-state index contributed by atoms with van der Waals surface area (Å²) in [6, 6.07) is 24.2.